The van der Waals surface area contributed by atoms with Gasteiger partial charge in [0.2, 0.25) is 5.91 Å². The van der Waals surface area contributed by atoms with E-state index in [0.29, 0.717) is 29.7 Å². The third-order valence-electron chi connectivity index (χ3n) is 5.94. The number of carbonyl (C=O) groups is 2. The Kier molecular flexibility index (Phi) is 5.56. The molecular formula is C24H28N2O3. The molecule has 5 heteroatoms. The Morgan fingerprint density at radius 3 is 2.52 bits per heavy atom. The normalized spacial score (nSPS) is 18.6. The number of likely N-dealkylation sites (tertiary alicyclic amines) is 1. The third kappa shape index (κ3) is 4.29. The molecule has 29 heavy (non-hydrogen) atoms. The number of hydrogen-bond donors (Lipinski definition) is 0. The molecule has 0 radical (unpaired) electrons. The predicted octanol–water partition coefficient (Wildman–Crippen LogP) is 3.69. The van der Waals surface area contributed by atoms with Gasteiger partial charge >= 0.3 is 0 Å². The molecule has 1 saturated heterocycles. The van der Waals surface area contributed by atoms with Crippen molar-refractivity contribution in [2.75, 3.05) is 33.8 Å². The highest BCUT2D eigenvalue weighted by atomic mass is 16.5. The molecule has 0 bridgehead atoms. The maximum absolute atomic E-state index is 13.1. The Morgan fingerprint density at radius 2 is 1.83 bits per heavy atom. The first kappa shape index (κ1) is 19.5. The van der Waals surface area contributed by atoms with E-state index >= 15 is 0 Å². The van der Waals surface area contributed by atoms with Crippen molar-refractivity contribution in [3.05, 3.63) is 54.1 Å². The van der Waals surface area contributed by atoms with Gasteiger partial charge in [-0.25, -0.2) is 0 Å². The molecule has 0 aromatic heterocycles. The number of carbonyl (C=O) groups excluding carboxylic acids is 2. The summed E-state index contributed by atoms with van der Waals surface area (Å²) in [5.74, 6) is 1.44. The van der Waals surface area contributed by atoms with Crippen LogP contribution in [-0.4, -0.2) is 55.4 Å². The maximum atomic E-state index is 13.1. The van der Waals surface area contributed by atoms with E-state index < -0.39 is 0 Å². The molecule has 2 aromatic rings. The molecule has 1 heterocycles. The van der Waals surface area contributed by atoms with Gasteiger partial charge in [0.15, 0.2) is 0 Å². The van der Waals surface area contributed by atoms with Gasteiger partial charge in [-0.3, -0.25) is 9.59 Å². The van der Waals surface area contributed by atoms with E-state index in [9.17, 15) is 9.59 Å². The summed E-state index contributed by atoms with van der Waals surface area (Å²) < 4.78 is 5.53. The van der Waals surface area contributed by atoms with Crippen molar-refractivity contribution in [1.82, 2.24) is 9.80 Å². The maximum Gasteiger partial charge on any atom is 0.257 e. The number of rotatable bonds is 6. The molecule has 0 N–H and O–H groups in total. The van der Waals surface area contributed by atoms with Gasteiger partial charge < -0.3 is 14.5 Å². The predicted molar refractivity (Wildman–Crippen MR) is 113 cm³/mol. The molecule has 152 valence electrons. The second-order valence-corrected chi connectivity index (χ2v) is 8.18. The van der Waals surface area contributed by atoms with E-state index in [1.165, 1.54) is 0 Å². The minimum Gasteiger partial charge on any atom is -0.496 e. The van der Waals surface area contributed by atoms with Gasteiger partial charge in [0.1, 0.15) is 5.75 Å². The van der Waals surface area contributed by atoms with Crippen molar-refractivity contribution >= 4 is 11.8 Å². The SMILES string of the molecule is COc1cc(-c2ccccc2)ccc1C(=O)N(C)CC1CCN(C(=O)C2CC2)C1. The van der Waals surface area contributed by atoms with Gasteiger partial charge in [0, 0.05) is 32.6 Å². The minimum absolute atomic E-state index is 0.0477. The fourth-order valence-corrected chi connectivity index (χ4v) is 4.12. The van der Waals surface area contributed by atoms with Gasteiger partial charge in [-0.1, -0.05) is 36.4 Å². The number of nitrogens with zero attached hydrogens (tertiary/aromatic N) is 2. The quantitative estimate of drug-likeness (QED) is 0.753. The van der Waals surface area contributed by atoms with E-state index in [-0.39, 0.29) is 11.8 Å². The molecule has 1 aliphatic heterocycles. The first-order chi connectivity index (χ1) is 14.1. The molecule has 1 unspecified atom stereocenters. The van der Waals surface area contributed by atoms with E-state index in [1.54, 1.807) is 12.0 Å². The Bertz CT molecular complexity index is 892. The van der Waals surface area contributed by atoms with Gasteiger partial charge in [0.05, 0.1) is 12.7 Å². The van der Waals surface area contributed by atoms with Crippen LogP contribution in [0.3, 0.4) is 0 Å². The summed E-state index contributed by atoms with van der Waals surface area (Å²) in [6.45, 7) is 2.23. The largest absolute Gasteiger partial charge is 0.496 e. The molecular weight excluding hydrogens is 364 g/mol. The molecule has 4 rings (SSSR count). The lowest BCUT2D eigenvalue weighted by Crippen LogP contribution is -2.35. The monoisotopic (exact) mass is 392 g/mol. The summed E-state index contributed by atoms with van der Waals surface area (Å²) in [5.41, 5.74) is 2.68. The van der Waals surface area contributed by atoms with Crippen LogP contribution < -0.4 is 4.74 Å². The summed E-state index contributed by atoms with van der Waals surface area (Å²) in [5, 5.41) is 0. The summed E-state index contributed by atoms with van der Waals surface area (Å²) in [6, 6.07) is 15.8. The Balaban J connectivity index is 1.42. The van der Waals surface area contributed by atoms with Crippen LogP contribution in [0, 0.1) is 11.8 Å². The van der Waals surface area contributed by atoms with E-state index in [2.05, 4.69) is 0 Å². The topological polar surface area (TPSA) is 49.9 Å². The van der Waals surface area contributed by atoms with E-state index in [1.807, 2.05) is 60.5 Å². The summed E-state index contributed by atoms with van der Waals surface area (Å²) in [7, 11) is 3.43. The summed E-state index contributed by atoms with van der Waals surface area (Å²) in [6.07, 6.45) is 3.04. The molecule has 2 fully saturated rings. The van der Waals surface area contributed by atoms with Gasteiger partial charge in [0.25, 0.3) is 5.91 Å². The molecule has 2 amide bonds. The minimum atomic E-state index is -0.0477. The zero-order valence-corrected chi connectivity index (χ0v) is 17.1. The van der Waals surface area contributed by atoms with E-state index in [0.717, 1.165) is 43.5 Å². The number of methoxy groups -OCH3 is 1. The lowest BCUT2D eigenvalue weighted by atomic mass is 10.0. The molecule has 2 aliphatic rings. The fraction of sp³-hybridized carbons (Fsp3) is 0.417. The number of benzene rings is 2. The zero-order valence-electron chi connectivity index (χ0n) is 17.1. The fourth-order valence-electron chi connectivity index (χ4n) is 4.12. The van der Waals surface area contributed by atoms with Crippen LogP contribution in [0.15, 0.2) is 48.5 Å². The first-order valence-corrected chi connectivity index (χ1v) is 10.3. The highest BCUT2D eigenvalue weighted by molar-refractivity contribution is 5.97. The average molecular weight is 392 g/mol. The van der Waals surface area contributed by atoms with Gasteiger partial charge in [-0.15, -0.1) is 0 Å². The summed E-state index contributed by atoms with van der Waals surface area (Å²) in [4.78, 5) is 29.1. The Hall–Kier alpha value is -2.82. The van der Waals surface area contributed by atoms with Crippen LogP contribution in [0.25, 0.3) is 11.1 Å². The van der Waals surface area contributed by atoms with Gasteiger partial charge in [-0.05, 0) is 48.4 Å². The van der Waals surface area contributed by atoms with E-state index in [4.69, 9.17) is 4.74 Å². The molecule has 1 saturated carbocycles. The second kappa shape index (κ2) is 8.27. The van der Waals surface area contributed by atoms with Crippen molar-refractivity contribution in [3.63, 3.8) is 0 Å². The molecule has 2 aromatic carbocycles. The lowest BCUT2D eigenvalue weighted by molar-refractivity contribution is -0.131. The van der Waals surface area contributed by atoms with Crippen LogP contribution in [0.1, 0.15) is 29.6 Å². The smallest absolute Gasteiger partial charge is 0.257 e. The standard InChI is InChI=1S/C24H28N2O3/c1-25(15-17-12-13-26(16-17)23(27)19-8-9-19)24(28)21-11-10-20(14-22(21)29-2)18-6-4-3-5-7-18/h3-7,10-11,14,17,19H,8-9,12-13,15-16H2,1-2H3. The van der Waals surface area contributed by atoms with Crippen LogP contribution in [-0.2, 0) is 4.79 Å². The summed E-state index contributed by atoms with van der Waals surface area (Å²) >= 11 is 0. The second-order valence-electron chi connectivity index (χ2n) is 8.18. The Labute approximate surface area is 172 Å². The molecule has 1 aliphatic carbocycles. The molecule has 5 nitrogen and oxygen atoms in total. The number of amides is 2. The van der Waals surface area contributed by atoms with Crippen LogP contribution in [0.4, 0.5) is 0 Å². The highest BCUT2D eigenvalue weighted by Gasteiger charge is 2.37. The average Bonchev–Trinajstić information content (AvgIpc) is 3.51. The van der Waals surface area contributed by atoms with Crippen LogP contribution >= 0.6 is 0 Å². The third-order valence-corrected chi connectivity index (χ3v) is 5.94. The first-order valence-electron chi connectivity index (χ1n) is 10.3. The van der Waals surface area contributed by atoms with Crippen molar-refractivity contribution in [2.45, 2.75) is 19.3 Å². The lowest BCUT2D eigenvalue weighted by Gasteiger charge is -2.23. The van der Waals surface area contributed by atoms with Crippen molar-refractivity contribution in [3.8, 4) is 16.9 Å². The van der Waals surface area contributed by atoms with Crippen LogP contribution in [0.5, 0.6) is 5.75 Å². The molecule has 0 spiro atoms. The van der Waals surface area contributed by atoms with Crippen molar-refractivity contribution < 1.29 is 14.3 Å². The molecule has 1 atom stereocenters. The zero-order chi connectivity index (χ0) is 20.4. The number of hydrogen-bond acceptors (Lipinski definition) is 3. The van der Waals surface area contributed by atoms with Crippen molar-refractivity contribution in [1.29, 1.82) is 0 Å². The number of ether oxygens (including phenoxy) is 1. The van der Waals surface area contributed by atoms with Gasteiger partial charge in [-0.2, -0.15) is 0 Å². The Morgan fingerprint density at radius 1 is 1.07 bits per heavy atom. The van der Waals surface area contributed by atoms with Crippen molar-refractivity contribution in [2.24, 2.45) is 11.8 Å². The van der Waals surface area contributed by atoms with Crippen LogP contribution in [0.2, 0.25) is 0 Å². The highest BCUT2D eigenvalue weighted by Crippen LogP contribution is 2.33.